The van der Waals surface area contributed by atoms with Crippen LogP contribution in [0.4, 0.5) is 4.79 Å². The molecule has 0 bridgehead atoms. The summed E-state index contributed by atoms with van der Waals surface area (Å²) in [4.78, 5) is 36.5. The number of aliphatic hydroxyl groups is 2. The number of aromatic nitrogens is 1. The van der Waals surface area contributed by atoms with Crippen molar-refractivity contribution < 1.29 is 19.8 Å². The van der Waals surface area contributed by atoms with E-state index in [9.17, 15) is 14.7 Å². The van der Waals surface area contributed by atoms with Crippen molar-refractivity contribution in [1.82, 2.24) is 19.7 Å². The molecule has 0 saturated carbocycles. The number of hydrogen-bond acceptors (Lipinski definition) is 6. The molecular weight excluding hydrogens is 408 g/mol. The molecule has 2 saturated heterocycles. The minimum Gasteiger partial charge on any atom is -0.394 e. The first kappa shape index (κ1) is 22.4. The van der Waals surface area contributed by atoms with Crippen LogP contribution in [0.15, 0.2) is 54.7 Å². The van der Waals surface area contributed by atoms with Gasteiger partial charge < -0.3 is 20.0 Å². The van der Waals surface area contributed by atoms with E-state index in [0.29, 0.717) is 51.1 Å². The number of β-amino-alcohol motifs (C(OH)–C–C–N with tert-alkyl or cyclic N) is 1. The van der Waals surface area contributed by atoms with Gasteiger partial charge in [-0.15, -0.1) is 0 Å². The van der Waals surface area contributed by atoms with E-state index in [2.05, 4.69) is 4.98 Å². The summed E-state index contributed by atoms with van der Waals surface area (Å²) in [5.74, 6) is -0.163. The van der Waals surface area contributed by atoms with Crippen molar-refractivity contribution in [3.63, 3.8) is 0 Å². The second-order valence-corrected chi connectivity index (χ2v) is 8.55. The zero-order valence-electron chi connectivity index (χ0n) is 18.1. The van der Waals surface area contributed by atoms with Crippen molar-refractivity contribution >= 4 is 11.9 Å². The summed E-state index contributed by atoms with van der Waals surface area (Å²) in [5.41, 5.74) is 0.925. The molecular formula is C24H30N4O4. The highest BCUT2D eigenvalue weighted by Gasteiger charge is 2.57. The summed E-state index contributed by atoms with van der Waals surface area (Å²) in [6.07, 6.45) is 2.53. The number of piperidine rings is 1. The van der Waals surface area contributed by atoms with Crippen molar-refractivity contribution in [3.8, 4) is 0 Å². The number of rotatable bonds is 8. The highest BCUT2D eigenvalue weighted by Crippen LogP contribution is 2.38. The Balaban J connectivity index is 1.54. The molecule has 4 rings (SSSR count). The second kappa shape index (κ2) is 9.77. The van der Waals surface area contributed by atoms with E-state index in [1.807, 2.05) is 47.4 Å². The van der Waals surface area contributed by atoms with Crippen molar-refractivity contribution in [2.24, 2.45) is 0 Å². The van der Waals surface area contributed by atoms with Gasteiger partial charge in [0.05, 0.1) is 24.9 Å². The van der Waals surface area contributed by atoms with E-state index in [0.717, 1.165) is 5.56 Å². The van der Waals surface area contributed by atoms with Crippen LogP contribution in [0, 0.1) is 0 Å². The number of pyridine rings is 1. The van der Waals surface area contributed by atoms with Gasteiger partial charge in [-0.2, -0.15) is 0 Å². The van der Waals surface area contributed by atoms with Crippen LogP contribution in [0.1, 0.15) is 24.1 Å². The molecule has 0 unspecified atom stereocenters. The van der Waals surface area contributed by atoms with Gasteiger partial charge in [-0.05, 0) is 37.0 Å². The minimum absolute atomic E-state index is 0.162. The topological polar surface area (TPSA) is 97.2 Å². The molecule has 2 N–H and O–H groups in total. The standard InChI is InChI=1S/C24H30N4O4/c29-18-21(30)17-26-14-10-24(11-15-26)22(31)27(16-20-8-4-5-12-25-20)23(32)28(24)13-9-19-6-2-1-3-7-19/h1-8,12,21,29-30H,9-11,13-18H2/t21-/m0/s1. The SMILES string of the molecule is O=C1N(Cc2ccccn2)C(=O)C2(CCN(C[C@H](O)CO)CC2)N1CCc1ccccc1. The van der Waals surface area contributed by atoms with Crippen molar-refractivity contribution in [2.75, 3.05) is 32.8 Å². The Morgan fingerprint density at radius 1 is 1.03 bits per heavy atom. The maximum Gasteiger partial charge on any atom is 0.328 e. The molecule has 0 aliphatic carbocycles. The molecule has 170 valence electrons. The molecule has 2 aromatic rings. The van der Waals surface area contributed by atoms with Gasteiger partial charge in [0.2, 0.25) is 0 Å². The summed E-state index contributed by atoms with van der Waals surface area (Å²) < 4.78 is 0. The fourth-order valence-electron chi connectivity index (χ4n) is 4.72. The van der Waals surface area contributed by atoms with Crippen LogP contribution in [0.5, 0.6) is 0 Å². The van der Waals surface area contributed by atoms with Crippen LogP contribution >= 0.6 is 0 Å². The second-order valence-electron chi connectivity index (χ2n) is 8.55. The average molecular weight is 439 g/mol. The third-order valence-electron chi connectivity index (χ3n) is 6.50. The number of imide groups is 1. The Bertz CT molecular complexity index is 916. The maximum absolute atomic E-state index is 13.6. The summed E-state index contributed by atoms with van der Waals surface area (Å²) in [6, 6.07) is 15.2. The number of hydrogen-bond donors (Lipinski definition) is 2. The summed E-state index contributed by atoms with van der Waals surface area (Å²) in [6.45, 7) is 1.85. The van der Waals surface area contributed by atoms with E-state index in [4.69, 9.17) is 5.11 Å². The summed E-state index contributed by atoms with van der Waals surface area (Å²) in [7, 11) is 0. The molecule has 8 heteroatoms. The third kappa shape index (κ3) is 4.53. The predicted octanol–water partition coefficient (Wildman–Crippen LogP) is 1.28. The molecule has 2 aliphatic heterocycles. The number of likely N-dealkylation sites (tertiary alicyclic amines) is 1. The Hall–Kier alpha value is -2.81. The van der Waals surface area contributed by atoms with E-state index >= 15 is 0 Å². The zero-order chi connectivity index (χ0) is 22.6. The van der Waals surface area contributed by atoms with Gasteiger partial charge >= 0.3 is 6.03 Å². The lowest BCUT2D eigenvalue weighted by Gasteiger charge is -2.42. The first-order valence-electron chi connectivity index (χ1n) is 11.1. The number of carbonyl (C=O) groups excluding carboxylic acids is 2. The van der Waals surface area contributed by atoms with E-state index in [1.54, 1.807) is 17.2 Å². The molecule has 1 spiro atoms. The fourth-order valence-corrected chi connectivity index (χ4v) is 4.72. The molecule has 8 nitrogen and oxygen atoms in total. The van der Waals surface area contributed by atoms with Gasteiger partial charge in [0.1, 0.15) is 5.54 Å². The van der Waals surface area contributed by atoms with Crippen LogP contribution in [0.25, 0.3) is 0 Å². The Kier molecular flexibility index (Phi) is 6.83. The lowest BCUT2D eigenvalue weighted by molar-refractivity contribution is -0.136. The third-order valence-corrected chi connectivity index (χ3v) is 6.50. The van der Waals surface area contributed by atoms with E-state index in [-0.39, 0.29) is 25.1 Å². The number of carbonyl (C=O) groups is 2. The highest BCUT2D eigenvalue weighted by molar-refractivity contribution is 6.07. The summed E-state index contributed by atoms with van der Waals surface area (Å²) in [5, 5.41) is 18.9. The maximum atomic E-state index is 13.6. The van der Waals surface area contributed by atoms with E-state index in [1.165, 1.54) is 4.90 Å². The first-order valence-corrected chi connectivity index (χ1v) is 11.1. The first-order chi connectivity index (χ1) is 15.5. The molecule has 32 heavy (non-hydrogen) atoms. The van der Waals surface area contributed by atoms with Gasteiger partial charge in [0.25, 0.3) is 5.91 Å². The van der Waals surface area contributed by atoms with Crippen molar-refractivity contribution in [3.05, 3.63) is 66.0 Å². The molecule has 1 aromatic carbocycles. The van der Waals surface area contributed by atoms with Crippen LogP contribution < -0.4 is 0 Å². The molecule has 3 heterocycles. The normalized spacial score (nSPS) is 19.7. The molecule has 0 radical (unpaired) electrons. The van der Waals surface area contributed by atoms with Gasteiger partial charge in [0, 0.05) is 32.4 Å². The number of benzene rings is 1. The number of aliphatic hydroxyl groups excluding tert-OH is 2. The van der Waals surface area contributed by atoms with E-state index < -0.39 is 11.6 Å². The zero-order valence-corrected chi connectivity index (χ0v) is 18.1. The Labute approximate surface area is 188 Å². The van der Waals surface area contributed by atoms with Gasteiger partial charge in [-0.3, -0.25) is 14.7 Å². The number of nitrogens with zero attached hydrogens (tertiary/aromatic N) is 4. The molecule has 2 aliphatic rings. The smallest absolute Gasteiger partial charge is 0.328 e. The largest absolute Gasteiger partial charge is 0.394 e. The van der Waals surface area contributed by atoms with Crippen LogP contribution in [-0.2, 0) is 17.8 Å². The number of amides is 3. The van der Waals surface area contributed by atoms with Crippen LogP contribution in [0.2, 0.25) is 0 Å². The Morgan fingerprint density at radius 2 is 1.75 bits per heavy atom. The lowest BCUT2D eigenvalue weighted by Crippen LogP contribution is -2.57. The lowest BCUT2D eigenvalue weighted by atomic mass is 9.85. The van der Waals surface area contributed by atoms with Crippen LogP contribution in [0.3, 0.4) is 0 Å². The van der Waals surface area contributed by atoms with Gasteiger partial charge in [-0.1, -0.05) is 36.4 Å². The highest BCUT2D eigenvalue weighted by atomic mass is 16.3. The van der Waals surface area contributed by atoms with Gasteiger partial charge in [-0.25, -0.2) is 4.79 Å². The predicted molar refractivity (Wildman–Crippen MR) is 119 cm³/mol. The number of urea groups is 1. The molecule has 1 atom stereocenters. The summed E-state index contributed by atoms with van der Waals surface area (Å²) >= 11 is 0. The fraction of sp³-hybridized carbons (Fsp3) is 0.458. The van der Waals surface area contributed by atoms with Crippen molar-refractivity contribution in [2.45, 2.75) is 37.5 Å². The van der Waals surface area contributed by atoms with Crippen molar-refractivity contribution in [1.29, 1.82) is 0 Å². The molecule has 3 amide bonds. The van der Waals surface area contributed by atoms with Gasteiger partial charge in [0.15, 0.2) is 0 Å². The minimum atomic E-state index is -0.874. The Morgan fingerprint density at radius 3 is 2.41 bits per heavy atom. The monoisotopic (exact) mass is 438 g/mol. The molecule has 1 aromatic heterocycles. The molecule has 2 fully saturated rings. The quantitative estimate of drug-likeness (QED) is 0.603. The average Bonchev–Trinajstić information content (AvgIpc) is 3.01. The van der Waals surface area contributed by atoms with Crippen LogP contribution in [-0.4, -0.2) is 86.3 Å².